The van der Waals surface area contributed by atoms with Crippen molar-refractivity contribution in [2.45, 2.75) is 25.7 Å². The van der Waals surface area contributed by atoms with E-state index in [2.05, 4.69) is 15.5 Å². The van der Waals surface area contributed by atoms with Gasteiger partial charge in [0, 0.05) is 36.0 Å². The number of aromatic nitrogens is 2. The molecule has 120 valence electrons. The molecule has 0 unspecified atom stereocenters. The van der Waals surface area contributed by atoms with Crippen LogP contribution in [-0.2, 0) is 9.59 Å². The summed E-state index contributed by atoms with van der Waals surface area (Å²) in [5.41, 5.74) is 0.825. The molecule has 2 aromatic rings. The molecule has 0 bridgehead atoms. The first-order valence-corrected chi connectivity index (χ1v) is 8.45. The predicted octanol–water partition coefficient (Wildman–Crippen LogP) is 3.06. The Bertz CT molecular complexity index is 731. The lowest BCUT2D eigenvalue weighted by Crippen LogP contribution is -2.24. The Morgan fingerprint density at radius 3 is 2.83 bits per heavy atom. The molecule has 0 radical (unpaired) electrons. The van der Waals surface area contributed by atoms with Gasteiger partial charge in [-0.3, -0.25) is 9.59 Å². The van der Waals surface area contributed by atoms with E-state index in [1.165, 1.54) is 11.3 Å². The molecule has 2 heterocycles. The van der Waals surface area contributed by atoms with Crippen LogP contribution in [0.4, 0.5) is 10.8 Å². The zero-order valence-electron chi connectivity index (χ0n) is 12.5. The Kier molecular flexibility index (Phi) is 4.58. The number of carbonyl (C=O) groups is 2. The van der Waals surface area contributed by atoms with E-state index in [9.17, 15) is 9.59 Å². The molecule has 1 aromatic heterocycles. The Morgan fingerprint density at radius 2 is 2.13 bits per heavy atom. The molecule has 0 spiro atoms. The third-order valence-corrected chi connectivity index (χ3v) is 4.87. The van der Waals surface area contributed by atoms with Crippen molar-refractivity contribution in [2.24, 2.45) is 0 Å². The zero-order chi connectivity index (χ0) is 16.4. The van der Waals surface area contributed by atoms with Crippen LogP contribution in [0.25, 0.3) is 0 Å². The summed E-state index contributed by atoms with van der Waals surface area (Å²) in [4.78, 5) is 25.4. The second kappa shape index (κ2) is 6.64. The quantitative estimate of drug-likeness (QED) is 0.919. The fourth-order valence-corrected chi connectivity index (χ4v) is 3.38. The van der Waals surface area contributed by atoms with Crippen molar-refractivity contribution in [1.29, 1.82) is 0 Å². The SMILES string of the molecule is CCC(=O)Nc1nnc([C@H]2CC(=O)N(c3ccc(Cl)cc3)C2)s1. The highest BCUT2D eigenvalue weighted by atomic mass is 35.5. The number of nitrogens with one attached hydrogen (secondary N) is 1. The van der Waals surface area contributed by atoms with Crippen LogP contribution in [0.1, 0.15) is 30.7 Å². The molecular formula is C15H15ClN4O2S. The Balaban J connectivity index is 1.72. The summed E-state index contributed by atoms with van der Waals surface area (Å²) >= 11 is 7.20. The highest BCUT2D eigenvalue weighted by molar-refractivity contribution is 7.15. The van der Waals surface area contributed by atoms with Crippen molar-refractivity contribution in [1.82, 2.24) is 10.2 Å². The predicted molar refractivity (Wildman–Crippen MR) is 90.0 cm³/mol. The number of anilines is 2. The first-order valence-electron chi connectivity index (χ1n) is 7.26. The minimum Gasteiger partial charge on any atom is -0.312 e. The van der Waals surface area contributed by atoms with Gasteiger partial charge in [-0.15, -0.1) is 10.2 Å². The van der Waals surface area contributed by atoms with Crippen LogP contribution in [0.15, 0.2) is 24.3 Å². The second-order valence-electron chi connectivity index (χ2n) is 5.23. The lowest BCUT2D eigenvalue weighted by atomic mass is 10.1. The van der Waals surface area contributed by atoms with Gasteiger partial charge in [0.25, 0.3) is 0 Å². The summed E-state index contributed by atoms with van der Waals surface area (Å²) in [5.74, 6) is -0.0624. The fourth-order valence-electron chi connectivity index (χ4n) is 2.40. The van der Waals surface area contributed by atoms with E-state index >= 15 is 0 Å². The average molecular weight is 351 g/mol. The van der Waals surface area contributed by atoms with Gasteiger partial charge in [-0.2, -0.15) is 0 Å². The Morgan fingerprint density at radius 1 is 1.39 bits per heavy atom. The van der Waals surface area contributed by atoms with E-state index in [1.807, 2.05) is 12.1 Å². The third kappa shape index (κ3) is 3.51. The molecule has 1 aliphatic rings. The molecule has 2 amide bonds. The number of nitrogens with zero attached hydrogens (tertiary/aromatic N) is 3. The van der Waals surface area contributed by atoms with Gasteiger partial charge in [0.2, 0.25) is 16.9 Å². The number of benzene rings is 1. The van der Waals surface area contributed by atoms with E-state index < -0.39 is 0 Å². The van der Waals surface area contributed by atoms with Gasteiger partial charge in [0.15, 0.2) is 0 Å². The van der Waals surface area contributed by atoms with Gasteiger partial charge in [-0.05, 0) is 24.3 Å². The summed E-state index contributed by atoms with van der Waals surface area (Å²) in [7, 11) is 0. The molecule has 8 heteroatoms. The normalized spacial score (nSPS) is 17.6. The first kappa shape index (κ1) is 15.9. The molecule has 1 fully saturated rings. The van der Waals surface area contributed by atoms with Crippen LogP contribution in [-0.4, -0.2) is 28.6 Å². The minimum atomic E-state index is -0.0991. The van der Waals surface area contributed by atoms with Crippen molar-refractivity contribution >= 4 is 45.6 Å². The minimum absolute atomic E-state index is 0.0112. The molecule has 0 aliphatic carbocycles. The molecule has 23 heavy (non-hydrogen) atoms. The van der Waals surface area contributed by atoms with Gasteiger partial charge >= 0.3 is 0 Å². The molecule has 0 saturated carbocycles. The van der Waals surface area contributed by atoms with Crippen LogP contribution in [0.3, 0.4) is 0 Å². The third-order valence-electron chi connectivity index (χ3n) is 3.62. The average Bonchev–Trinajstić information content (AvgIpc) is 3.15. The maximum absolute atomic E-state index is 12.3. The number of hydrogen-bond acceptors (Lipinski definition) is 5. The van der Waals surface area contributed by atoms with E-state index in [1.54, 1.807) is 24.0 Å². The molecule has 3 rings (SSSR count). The first-order chi connectivity index (χ1) is 11.1. The van der Waals surface area contributed by atoms with E-state index in [4.69, 9.17) is 11.6 Å². The number of hydrogen-bond donors (Lipinski definition) is 1. The molecule has 1 atom stereocenters. The van der Waals surface area contributed by atoms with Crippen LogP contribution in [0, 0.1) is 0 Å². The monoisotopic (exact) mass is 350 g/mol. The van der Waals surface area contributed by atoms with Crippen molar-refractivity contribution < 1.29 is 9.59 Å². The number of rotatable bonds is 4. The lowest BCUT2D eigenvalue weighted by Gasteiger charge is -2.16. The number of halogens is 1. The van der Waals surface area contributed by atoms with Crippen LogP contribution >= 0.6 is 22.9 Å². The summed E-state index contributed by atoms with van der Waals surface area (Å²) in [6.45, 7) is 2.33. The van der Waals surface area contributed by atoms with Gasteiger partial charge < -0.3 is 10.2 Å². The topological polar surface area (TPSA) is 75.2 Å². The van der Waals surface area contributed by atoms with Crippen molar-refractivity contribution in [3.05, 3.63) is 34.3 Å². The maximum Gasteiger partial charge on any atom is 0.227 e. The van der Waals surface area contributed by atoms with Crippen molar-refractivity contribution in [3.8, 4) is 0 Å². The van der Waals surface area contributed by atoms with Crippen LogP contribution in [0.2, 0.25) is 5.02 Å². The Labute approximate surface area is 142 Å². The van der Waals surface area contributed by atoms with Gasteiger partial charge in [0.05, 0.1) is 0 Å². The summed E-state index contributed by atoms with van der Waals surface area (Å²) in [6, 6.07) is 7.19. The molecule has 1 aliphatic heterocycles. The highest BCUT2D eigenvalue weighted by Crippen LogP contribution is 2.34. The smallest absolute Gasteiger partial charge is 0.227 e. The van der Waals surface area contributed by atoms with Gasteiger partial charge in [0.1, 0.15) is 5.01 Å². The Hall–Kier alpha value is -1.99. The van der Waals surface area contributed by atoms with Crippen LogP contribution < -0.4 is 10.2 Å². The largest absolute Gasteiger partial charge is 0.312 e. The fraction of sp³-hybridized carbons (Fsp3) is 0.333. The lowest BCUT2D eigenvalue weighted by molar-refractivity contribution is -0.117. The van der Waals surface area contributed by atoms with Crippen LogP contribution in [0.5, 0.6) is 0 Å². The zero-order valence-corrected chi connectivity index (χ0v) is 14.0. The molecule has 1 saturated heterocycles. The molecule has 6 nitrogen and oxygen atoms in total. The summed E-state index contributed by atoms with van der Waals surface area (Å²) in [5, 5.41) is 12.7. The van der Waals surface area contributed by atoms with Crippen molar-refractivity contribution in [2.75, 3.05) is 16.8 Å². The van der Waals surface area contributed by atoms with E-state index in [-0.39, 0.29) is 17.7 Å². The van der Waals surface area contributed by atoms with Gasteiger partial charge in [-0.25, -0.2) is 0 Å². The summed E-state index contributed by atoms with van der Waals surface area (Å²) < 4.78 is 0. The summed E-state index contributed by atoms with van der Waals surface area (Å²) in [6.07, 6.45) is 0.778. The second-order valence-corrected chi connectivity index (χ2v) is 6.67. The van der Waals surface area contributed by atoms with Gasteiger partial charge in [-0.1, -0.05) is 29.9 Å². The van der Waals surface area contributed by atoms with E-state index in [0.29, 0.717) is 29.5 Å². The molecule has 1 aromatic carbocycles. The standard InChI is InChI=1S/C15H15ClN4O2S/c1-2-12(21)17-15-19-18-14(23-15)9-7-13(22)20(8-9)11-5-3-10(16)4-6-11/h3-6,9H,2,7-8H2,1H3,(H,17,19,21)/t9-/m0/s1. The van der Waals surface area contributed by atoms with E-state index in [0.717, 1.165) is 10.7 Å². The maximum atomic E-state index is 12.3. The number of carbonyl (C=O) groups excluding carboxylic acids is 2. The number of amides is 2. The molecular weight excluding hydrogens is 336 g/mol. The van der Waals surface area contributed by atoms with Crippen molar-refractivity contribution in [3.63, 3.8) is 0 Å². The molecule has 1 N–H and O–H groups in total. The highest BCUT2D eigenvalue weighted by Gasteiger charge is 2.33.